The molecule has 0 amide bonds. The fraction of sp³-hybridized carbons (Fsp3) is 0. The van der Waals surface area contributed by atoms with Gasteiger partial charge in [0, 0.05) is 6.08 Å². The lowest BCUT2D eigenvalue weighted by Crippen LogP contribution is -1.94. The minimum absolute atomic E-state index is 0.753. The molecule has 4 nitrogen and oxygen atoms in total. The van der Waals surface area contributed by atoms with Gasteiger partial charge in [-0.2, -0.15) is 0 Å². The van der Waals surface area contributed by atoms with Gasteiger partial charge < -0.3 is 4.52 Å². The van der Waals surface area contributed by atoms with Crippen LogP contribution in [0.15, 0.2) is 12.7 Å². The van der Waals surface area contributed by atoms with Crippen LogP contribution < -0.4 is 5.50 Å². The first kappa shape index (κ1) is 7.40. The van der Waals surface area contributed by atoms with Crippen LogP contribution >= 0.6 is 8.18 Å². The summed E-state index contributed by atoms with van der Waals surface area (Å²) in [5, 5.41) is 0. The Kier molecular flexibility index (Phi) is 3.15. The Hall–Kier alpha value is -0.600. The molecule has 0 fully saturated rings. The molecule has 0 aromatic rings. The molecular formula is C3H6NO3P. The zero-order chi connectivity index (χ0) is 6.57. The minimum atomic E-state index is -2.62. The van der Waals surface area contributed by atoms with E-state index in [1.54, 1.807) is 0 Å². The third-order valence-corrected chi connectivity index (χ3v) is 0.770. The van der Waals surface area contributed by atoms with Gasteiger partial charge in [0.25, 0.3) is 0 Å². The number of hydrogen-bond donors (Lipinski definition) is 1. The van der Waals surface area contributed by atoms with Crippen LogP contribution in [-0.2, 0) is 13.9 Å². The lowest BCUT2D eigenvalue weighted by Gasteiger charge is -1.91. The Labute approximate surface area is 47.2 Å². The maximum atomic E-state index is 10.0. The molecular weight excluding hydrogens is 129 g/mol. The maximum Gasteiger partial charge on any atom is 0.335 e. The molecule has 0 aromatic heterocycles. The predicted molar refractivity (Wildman–Crippen MR) is 29.5 cm³/mol. The molecule has 46 valence electrons. The second kappa shape index (κ2) is 3.41. The van der Waals surface area contributed by atoms with Gasteiger partial charge >= 0.3 is 14.1 Å². The first-order valence-electron chi connectivity index (χ1n) is 1.80. The van der Waals surface area contributed by atoms with E-state index in [0.717, 1.165) is 6.08 Å². The zero-order valence-corrected chi connectivity index (χ0v) is 5.09. The van der Waals surface area contributed by atoms with Crippen molar-refractivity contribution in [2.45, 2.75) is 0 Å². The molecule has 2 N–H and O–H groups in total. The van der Waals surface area contributed by atoms with Gasteiger partial charge in [-0.3, -0.25) is 10.1 Å². The van der Waals surface area contributed by atoms with Crippen LogP contribution in [0.2, 0.25) is 0 Å². The van der Waals surface area contributed by atoms with E-state index in [9.17, 15) is 9.36 Å². The summed E-state index contributed by atoms with van der Waals surface area (Å²) in [5.74, 6) is -0.753. The minimum Gasteiger partial charge on any atom is -0.399 e. The number of carbonyl (C=O) groups is 1. The summed E-state index contributed by atoms with van der Waals surface area (Å²) in [6.07, 6.45) is 0.898. The maximum absolute atomic E-state index is 10.0. The van der Waals surface area contributed by atoms with Gasteiger partial charge in [-0.05, 0) is 0 Å². The van der Waals surface area contributed by atoms with Gasteiger partial charge in [0.2, 0.25) is 0 Å². The van der Waals surface area contributed by atoms with E-state index in [1.807, 2.05) is 0 Å². The van der Waals surface area contributed by atoms with Gasteiger partial charge in [-0.25, -0.2) is 4.79 Å². The highest BCUT2D eigenvalue weighted by Crippen LogP contribution is 2.08. The van der Waals surface area contributed by atoms with Crippen molar-refractivity contribution in [3.63, 3.8) is 0 Å². The molecule has 0 aliphatic rings. The summed E-state index contributed by atoms with van der Waals surface area (Å²) in [4.78, 5) is 10.0. The molecule has 0 rings (SSSR count). The van der Waals surface area contributed by atoms with Crippen molar-refractivity contribution in [1.82, 2.24) is 0 Å². The first-order valence-corrected chi connectivity index (χ1v) is 3.20. The van der Waals surface area contributed by atoms with Crippen LogP contribution in [0, 0.1) is 0 Å². The molecule has 1 unspecified atom stereocenters. The van der Waals surface area contributed by atoms with E-state index in [2.05, 4.69) is 16.6 Å². The Morgan fingerprint density at radius 1 is 1.88 bits per heavy atom. The van der Waals surface area contributed by atoms with Crippen molar-refractivity contribution in [1.29, 1.82) is 0 Å². The Bertz CT molecular complexity index is 132. The van der Waals surface area contributed by atoms with Gasteiger partial charge in [0.1, 0.15) is 0 Å². The van der Waals surface area contributed by atoms with E-state index >= 15 is 0 Å². The van der Waals surface area contributed by atoms with Crippen LogP contribution in [0.5, 0.6) is 0 Å². The number of carbonyl (C=O) groups excluding carboxylic acids is 1. The van der Waals surface area contributed by atoms with Crippen molar-refractivity contribution in [2.24, 2.45) is 5.50 Å². The molecule has 0 aromatic carbocycles. The fourth-order valence-electron chi connectivity index (χ4n) is 0.141. The van der Waals surface area contributed by atoms with Crippen LogP contribution in [-0.4, -0.2) is 5.97 Å². The van der Waals surface area contributed by atoms with Crippen molar-refractivity contribution in [3.05, 3.63) is 12.7 Å². The Morgan fingerprint density at radius 2 is 2.38 bits per heavy atom. The molecule has 0 saturated heterocycles. The highest BCUT2D eigenvalue weighted by atomic mass is 31.1. The summed E-state index contributed by atoms with van der Waals surface area (Å²) in [6.45, 7) is 3.06. The van der Waals surface area contributed by atoms with E-state index < -0.39 is 14.1 Å². The van der Waals surface area contributed by atoms with Gasteiger partial charge in [-0.15, -0.1) is 0 Å². The average molecular weight is 135 g/mol. The van der Waals surface area contributed by atoms with Gasteiger partial charge in [0.05, 0.1) is 0 Å². The summed E-state index contributed by atoms with van der Waals surface area (Å²) in [7, 11) is -2.62. The van der Waals surface area contributed by atoms with E-state index in [4.69, 9.17) is 0 Å². The summed E-state index contributed by atoms with van der Waals surface area (Å²) in [5.41, 5.74) is 4.62. The fourth-order valence-corrected chi connectivity index (χ4v) is 0.422. The molecule has 8 heavy (non-hydrogen) atoms. The molecule has 0 heterocycles. The molecule has 0 aliphatic heterocycles. The lowest BCUT2D eigenvalue weighted by molar-refractivity contribution is -0.128. The SMILES string of the molecule is C=CC(=O)O[PH](N)=O. The molecule has 0 aliphatic carbocycles. The van der Waals surface area contributed by atoms with E-state index in [-0.39, 0.29) is 0 Å². The number of hydrogen-bond acceptors (Lipinski definition) is 3. The highest BCUT2D eigenvalue weighted by Gasteiger charge is 1.94. The predicted octanol–water partition coefficient (Wildman–Crippen LogP) is 0.0640. The monoisotopic (exact) mass is 135 g/mol. The topological polar surface area (TPSA) is 69.4 Å². The second-order valence-corrected chi connectivity index (χ2v) is 1.79. The lowest BCUT2D eigenvalue weighted by atomic mass is 10.7. The van der Waals surface area contributed by atoms with Crippen LogP contribution in [0.3, 0.4) is 0 Å². The van der Waals surface area contributed by atoms with Crippen molar-refractivity contribution >= 4 is 14.1 Å². The summed E-state index contributed by atoms with van der Waals surface area (Å²) in [6, 6.07) is 0. The van der Waals surface area contributed by atoms with Gasteiger partial charge in [0.15, 0.2) is 0 Å². The quantitative estimate of drug-likeness (QED) is 0.429. The smallest absolute Gasteiger partial charge is 0.335 e. The Balaban J connectivity index is 3.55. The number of rotatable bonds is 2. The number of nitrogens with two attached hydrogens (primary N) is 1. The molecule has 0 radical (unpaired) electrons. The molecule has 0 spiro atoms. The second-order valence-electron chi connectivity index (χ2n) is 0.944. The third-order valence-electron chi connectivity index (χ3n) is 0.368. The van der Waals surface area contributed by atoms with Crippen LogP contribution in [0.25, 0.3) is 0 Å². The Morgan fingerprint density at radius 3 is 2.50 bits per heavy atom. The van der Waals surface area contributed by atoms with Crippen molar-refractivity contribution in [3.8, 4) is 0 Å². The molecule has 0 bridgehead atoms. The molecule has 5 heteroatoms. The average Bonchev–Trinajstić information content (AvgIpc) is 1.65. The summed E-state index contributed by atoms with van der Waals surface area (Å²) < 4.78 is 13.9. The third kappa shape index (κ3) is 3.59. The molecule has 0 saturated carbocycles. The standard InChI is InChI=1S/C3H6NO3P/c1-2-3(5)7-8(4)6/h2,8H,1H2,(H2,4,6). The van der Waals surface area contributed by atoms with Crippen molar-refractivity contribution in [2.75, 3.05) is 0 Å². The van der Waals surface area contributed by atoms with Crippen molar-refractivity contribution < 1.29 is 13.9 Å². The highest BCUT2D eigenvalue weighted by molar-refractivity contribution is 7.36. The van der Waals surface area contributed by atoms with E-state index in [1.165, 1.54) is 0 Å². The van der Waals surface area contributed by atoms with Gasteiger partial charge in [-0.1, -0.05) is 6.58 Å². The van der Waals surface area contributed by atoms with Crippen LogP contribution in [0.1, 0.15) is 0 Å². The first-order chi connectivity index (χ1) is 3.66. The summed E-state index contributed by atoms with van der Waals surface area (Å²) >= 11 is 0. The largest absolute Gasteiger partial charge is 0.399 e. The normalized spacial score (nSPS) is 12.1. The van der Waals surface area contributed by atoms with E-state index in [0.29, 0.717) is 0 Å². The molecule has 1 atom stereocenters. The van der Waals surface area contributed by atoms with Crippen LogP contribution in [0.4, 0.5) is 0 Å². The zero-order valence-electron chi connectivity index (χ0n) is 4.09.